The Morgan fingerprint density at radius 3 is 2.71 bits per heavy atom. The summed E-state index contributed by atoms with van der Waals surface area (Å²) >= 11 is 0. The first kappa shape index (κ1) is 17.1. The van der Waals surface area contributed by atoms with Crippen molar-refractivity contribution in [3.8, 4) is 17.6 Å². The van der Waals surface area contributed by atoms with E-state index in [0.717, 1.165) is 26.1 Å². The van der Waals surface area contributed by atoms with Crippen LogP contribution in [-0.4, -0.2) is 40.0 Å². The monoisotopic (exact) mass is 293 g/mol. The lowest BCUT2D eigenvalue weighted by Crippen LogP contribution is -2.22. The van der Waals surface area contributed by atoms with Gasteiger partial charge in [0.05, 0.1) is 31.6 Å². The molecule has 0 aliphatic heterocycles. The maximum Gasteiger partial charge on any atom is 0.162 e. The van der Waals surface area contributed by atoms with E-state index in [2.05, 4.69) is 5.32 Å². The highest BCUT2D eigenvalue weighted by Crippen LogP contribution is 2.31. The molecule has 0 saturated heterocycles. The van der Waals surface area contributed by atoms with Crippen LogP contribution in [0.3, 0.4) is 0 Å². The Labute approximate surface area is 125 Å². The molecule has 1 aromatic carbocycles. The van der Waals surface area contributed by atoms with Gasteiger partial charge in [0, 0.05) is 25.3 Å². The molecule has 0 aliphatic carbocycles. The Kier molecular flexibility index (Phi) is 8.02. The second kappa shape index (κ2) is 9.86. The van der Waals surface area contributed by atoms with Crippen molar-refractivity contribution in [2.24, 2.45) is 0 Å². The van der Waals surface area contributed by atoms with Crippen LogP contribution in [0.25, 0.3) is 0 Å². The molecule has 0 saturated carbocycles. The fourth-order valence-electron chi connectivity index (χ4n) is 1.74. The van der Waals surface area contributed by atoms with Gasteiger partial charge in [-0.25, -0.2) is 0 Å². The number of ether oxygens (including phenoxy) is 3. The molecule has 0 atom stereocenters. The molecular formula is C15H23N3O3. The van der Waals surface area contributed by atoms with Crippen LogP contribution >= 0.6 is 0 Å². The molecule has 3 N–H and O–H groups in total. The van der Waals surface area contributed by atoms with Gasteiger partial charge in [-0.15, -0.1) is 0 Å². The molecule has 1 aromatic rings. The SMILES string of the molecule is CCOCCNCCCOc1cc(C#N)c(N)cc1OC. The summed E-state index contributed by atoms with van der Waals surface area (Å²) in [6.45, 7) is 5.64. The third kappa shape index (κ3) is 5.90. The standard InChI is InChI=1S/C15H23N3O3/c1-3-20-8-6-18-5-4-7-21-15-9-12(11-16)13(17)10-14(15)19-2/h9-10,18H,3-8,17H2,1-2H3. The van der Waals surface area contributed by atoms with Crippen LogP contribution < -0.4 is 20.5 Å². The number of nitrogens with one attached hydrogen (secondary N) is 1. The highest BCUT2D eigenvalue weighted by atomic mass is 16.5. The maximum absolute atomic E-state index is 8.97. The minimum atomic E-state index is 0.388. The quantitative estimate of drug-likeness (QED) is 0.502. The van der Waals surface area contributed by atoms with Gasteiger partial charge in [0.15, 0.2) is 11.5 Å². The molecule has 0 heterocycles. The van der Waals surface area contributed by atoms with Crippen molar-refractivity contribution >= 4 is 5.69 Å². The van der Waals surface area contributed by atoms with Gasteiger partial charge in [0.2, 0.25) is 0 Å². The van der Waals surface area contributed by atoms with E-state index in [0.29, 0.717) is 36.0 Å². The van der Waals surface area contributed by atoms with Crippen molar-refractivity contribution in [2.75, 3.05) is 45.8 Å². The number of methoxy groups -OCH3 is 1. The first-order valence-corrected chi connectivity index (χ1v) is 7.01. The van der Waals surface area contributed by atoms with Gasteiger partial charge in [-0.3, -0.25) is 0 Å². The third-order valence-electron chi connectivity index (χ3n) is 2.84. The number of hydrogen-bond donors (Lipinski definition) is 2. The Bertz CT molecular complexity index is 472. The van der Waals surface area contributed by atoms with E-state index in [9.17, 15) is 0 Å². The number of rotatable bonds is 10. The molecule has 116 valence electrons. The van der Waals surface area contributed by atoms with Crippen LogP contribution in [0.5, 0.6) is 11.5 Å². The average molecular weight is 293 g/mol. The molecule has 0 radical (unpaired) electrons. The van der Waals surface area contributed by atoms with Crippen LogP contribution in [0.1, 0.15) is 18.9 Å². The second-order valence-electron chi connectivity index (χ2n) is 4.35. The number of anilines is 1. The molecular weight excluding hydrogens is 270 g/mol. The minimum Gasteiger partial charge on any atom is -0.493 e. The topological polar surface area (TPSA) is 89.5 Å². The summed E-state index contributed by atoms with van der Waals surface area (Å²) in [7, 11) is 1.54. The summed E-state index contributed by atoms with van der Waals surface area (Å²) in [6.07, 6.45) is 0.849. The molecule has 0 spiro atoms. The number of hydrogen-bond acceptors (Lipinski definition) is 6. The molecule has 0 amide bonds. The normalized spacial score (nSPS) is 10.1. The predicted molar refractivity (Wildman–Crippen MR) is 81.6 cm³/mol. The Morgan fingerprint density at radius 2 is 2.05 bits per heavy atom. The van der Waals surface area contributed by atoms with Crippen molar-refractivity contribution in [3.63, 3.8) is 0 Å². The summed E-state index contributed by atoms with van der Waals surface area (Å²) < 4.78 is 16.1. The zero-order valence-corrected chi connectivity index (χ0v) is 12.6. The Morgan fingerprint density at radius 1 is 1.24 bits per heavy atom. The second-order valence-corrected chi connectivity index (χ2v) is 4.35. The molecule has 0 unspecified atom stereocenters. The Hall–Kier alpha value is -1.97. The number of benzene rings is 1. The van der Waals surface area contributed by atoms with Crippen LogP contribution in [-0.2, 0) is 4.74 Å². The Balaban J connectivity index is 2.36. The van der Waals surface area contributed by atoms with Crippen molar-refractivity contribution < 1.29 is 14.2 Å². The first-order chi connectivity index (χ1) is 10.2. The van der Waals surface area contributed by atoms with E-state index >= 15 is 0 Å². The van der Waals surface area contributed by atoms with E-state index in [1.807, 2.05) is 13.0 Å². The van der Waals surface area contributed by atoms with Crippen LogP contribution in [0.15, 0.2) is 12.1 Å². The van der Waals surface area contributed by atoms with Crippen molar-refractivity contribution in [1.29, 1.82) is 5.26 Å². The first-order valence-electron chi connectivity index (χ1n) is 7.01. The molecule has 0 aromatic heterocycles. The summed E-state index contributed by atoms with van der Waals surface area (Å²) in [6, 6.07) is 5.24. The van der Waals surface area contributed by atoms with Crippen LogP contribution in [0, 0.1) is 11.3 Å². The average Bonchev–Trinajstić information content (AvgIpc) is 2.50. The lowest BCUT2D eigenvalue weighted by Gasteiger charge is -2.12. The van der Waals surface area contributed by atoms with Gasteiger partial charge in [-0.05, 0) is 19.9 Å². The van der Waals surface area contributed by atoms with Gasteiger partial charge < -0.3 is 25.3 Å². The molecule has 6 nitrogen and oxygen atoms in total. The van der Waals surface area contributed by atoms with Gasteiger partial charge in [-0.1, -0.05) is 0 Å². The number of nitrogen functional groups attached to an aromatic ring is 1. The van der Waals surface area contributed by atoms with E-state index in [4.69, 9.17) is 25.2 Å². The van der Waals surface area contributed by atoms with Gasteiger partial charge in [0.1, 0.15) is 6.07 Å². The summed E-state index contributed by atoms with van der Waals surface area (Å²) in [5.41, 5.74) is 6.51. The maximum atomic E-state index is 8.97. The van der Waals surface area contributed by atoms with Crippen molar-refractivity contribution in [2.45, 2.75) is 13.3 Å². The highest BCUT2D eigenvalue weighted by Gasteiger charge is 2.09. The van der Waals surface area contributed by atoms with E-state index in [1.54, 1.807) is 19.2 Å². The fraction of sp³-hybridized carbons (Fsp3) is 0.533. The van der Waals surface area contributed by atoms with Gasteiger partial charge in [0.25, 0.3) is 0 Å². The van der Waals surface area contributed by atoms with E-state index < -0.39 is 0 Å². The number of nitrogens with zero attached hydrogens (tertiary/aromatic N) is 1. The van der Waals surface area contributed by atoms with Gasteiger partial charge in [-0.2, -0.15) is 5.26 Å². The largest absolute Gasteiger partial charge is 0.493 e. The van der Waals surface area contributed by atoms with Gasteiger partial charge >= 0.3 is 0 Å². The molecule has 0 fully saturated rings. The van der Waals surface area contributed by atoms with Crippen molar-refractivity contribution in [1.82, 2.24) is 5.32 Å². The third-order valence-corrected chi connectivity index (χ3v) is 2.84. The predicted octanol–water partition coefficient (Wildman–Crippen LogP) is 1.54. The van der Waals surface area contributed by atoms with Crippen LogP contribution in [0.2, 0.25) is 0 Å². The lowest BCUT2D eigenvalue weighted by molar-refractivity contribution is 0.149. The smallest absolute Gasteiger partial charge is 0.162 e. The summed E-state index contributed by atoms with van der Waals surface area (Å²) in [5.74, 6) is 1.08. The number of nitrogens with two attached hydrogens (primary N) is 1. The zero-order chi connectivity index (χ0) is 15.5. The lowest BCUT2D eigenvalue weighted by atomic mass is 10.2. The van der Waals surface area contributed by atoms with Crippen LogP contribution in [0.4, 0.5) is 5.69 Å². The molecule has 0 aliphatic rings. The van der Waals surface area contributed by atoms with E-state index in [1.165, 1.54) is 0 Å². The molecule has 21 heavy (non-hydrogen) atoms. The minimum absolute atomic E-state index is 0.388. The summed E-state index contributed by atoms with van der Waals surface area (Å²) in [5, 5.41) is 12.2. The molecule has 0 bridgehead atoms. The summed E-state index contributed by atoms with van der Waals surface area (Å²) in [4.78, 5) is 0. The fourth-order valence-corrected chi connectivity index (χ4v) is 1.74. The van der Waals surface area contributed by atoms with Crippen molar-refractivity contribution in [3.05, 3.63) is 17.7 Å². The molecule has 1 rings (SSSR count). The van der Waals surface area contributed by atoms with E-state index in [-0.39, 0.29) is 0 Å². The highest BCUT2D eigenvalue weighted by molar-refractivity contribution is 5.62. The molecule has 6 heteroatoms. The zero-order valence-electron chi connectivity index (χ0n) is 12.6. The number of nitriles is 1.